The van der Waals surface area contributed by atoms with Crippen molar-refractivity contribution in [1.29, 1.82) is 0 Å². The van der Waals surface area contributed by atoms with Gasteiger partial charge in [-0.1, -0.05) is 0 Å². The smallest absolute Gasteiger partial charge is 0.264 e. The van der Waals surface area contributed by atoms with Gasteiger partial charge in [0.25, 0.3) is 10.1 Å². The average Bonchev–Trinajstić information content (AvgIpc) is 3.32. The minimum absolute atomic E-state index is 0.0275. The van der Waals surface area contributed by atoms with Crippen LogP contribution < -0.4 is 11.5 Å². The van der Waals surface area contributed by atoms with Crippen molar-refractivity contribution in [2.75, 3.05) is 41.5 Å². The number of hydrogen-bond acceptors (Lipinski definition) is 13. The third-order valence-electron chi connectivity index (χ3n) is 5.19. The van der Waals surface area contributed by atoms with Crippen LogP contribution in [-0.4, -0.2) is 110 Å². The van der Waals surface area contributed by atoms with Crippen molar-refractivity contribution >= 4 is 48.1 Å². The van der Waals surface area contributed by atoms with Gasteiger partial charge in [-0.15, -0.1) is 0 Å². The molecule has 2 aromatic rings. The molecule has 3 heterocycles. The summed E-state index contributed by atoms with van der Waals surface area (Å²) >= 11 is 0. The lowest BCUT2D eigenvalue weighted by atomic mass is 10.1. The molecule has 206 valence electrons. The van der Waals surface area contributed by atoms with Crippen LogP contribution in [0, 0.1) is 0 Å². The van der Waals surface area contributed by atoms with Crippen molar-refractivity contribution in [3.63, 3.8) is 0 Å². The summed E-state index contributed by atoms with van der Waals surface area (Å²) in [5.41, 5.74) is 12.2. The monoisotopic (exact) mass is 572 g/mol. The third kappa shape index (κ3) is 9.34. The van der Waals surface area contributed by atoms with Crippen molar-refractivity contribution in [2.24, 2.45) is 5.73 Å². The second kappa shape index (κ2) is 13.2. The molecule has 7 N–H and O–H groups in total. The van der Waals surface area contributed by atoms with E-state index in [1.807, 2.05) is 0 Å². The number of ether oxygens (including phenoxy) is 1. The average molecular weight is 573 g/mol. The Balaban J connectivity index is 0.000000324. The summed E-state index contributed by atoms with van der Waals surface area (Å²) in [6.45, 7) is 0.652. The van der Waals surface area contributed by atoms with Gasteiger partial charge in [-0.2, -0.15) is 8.42 Å². The highest BCUT2D eigenvalue weighted by Gasteiger charge is 2.46. The van der Waals surface area contributed by atoms with Crippen LogP contribution in [0.1, 0.15) is 25.5 Å². The molecule has 18 heteroatoms. The van der Waals surface area contributed by atoms with Crippen LogP contribution in [0.3, 0.4) is 0 Å². The molecule has 15 nitrogen and oxygen atoms in total. The first-order chi connectivity index (χ1) is 16.7. The number of anilines is 1. The van der Waals surface area contributed by atoms with Crippen LogP contribution in [0.4, 0.5) is 5.82 Å². The van der Waals surface area contributed by atoms with Gasteiger partial charge >= 0.3 is 0 Å². The predicted octanol–water partition coefficient (Wildman–Crippen LogP) is -2.18. The zero-order valence-corrected chi connectivity index (χ0v) is 22.0. The largest absolute Gasteiger partial charge is 0.748 e. The molecule has 0 spiro atoms. The lowest BCUT2D eigenvalue weighted by Gasteiger charge is -2.16. The maximum Gasteiger partial charge on any atom is 0.264 e. The molecule has 0 aromatic carbocycles. The molecule has 0 amide bonds. The van der Waals surface area contributed by atoms with Crippen LogP contribution in [0.25, 0.3) is 11.2 Å². The van der Waals surface area contributed by atoms with E-state index in [4.69, 9.17) is 20.8 Å². The highest BCUT2D eigenvalue weighted by atomic mass is 32.2. The van der Waals surface area contributed by atoms with Crippen molar-refractivity contribution in [3.8, 4) is 0 Å². The molecular formula is C18H32N6O9S3. The highest BCUT2D eigenvalue weighted by Crippen LogP contribution is 2.32. The van der Waals surface area contributed by atoms with Crippen molar-refractivity contribution in [2.45, 2.75) is 43.8 Å². The fraction of sp³-hybridized carbons (Fsp3) is 0.722. The third-order valence-corrected chi connectivity index (χ3v) is 8.67. The Labute approximate surface area is 212 Å². The molecule has 1 fully saturated rings. The first kappa shape index (κ1) is 30.6. The van der Waals surface area contributed by atoms with Crippen LogP contribution >= 0.6 is 0 Å². The van der Waals surface area contributed by atoms with E-state index in [-0.39, 0.29) is 29.6 Å². The maximum absolute atomic E-state index is 10.4. The van der Waals surface area contributed by atoms with Gasteiger partial charge in [0.05, 0.1) is 28.5 Å². The number of unbranched alkanes of at least 4 members (excludes halogenated alkanes) is 1. The van der Waals surface area contributed by atoms with Crippen molar-refractivity contribution in [3.05, 3.63) is 12.7 Å². The molecule has 1 saturated heterocycles. The van der Waals surface area contributed by atoms with Crippen LogP contribution in [0.2, 0.25) is 0 Å². The molecule has 0 saturated carbocycles. The lowest BCUT2D eigenvalue weighted by Crippen LogP contribution is -2.35. The number of aliphatic hydroxyl groups excluding tert-OH is 2. The molecule has 1 aliphatic heterocycles. The summed E-state index contributed by atoms with van der Waals surface area (Å²) in [6, 6.07) is 0. The fourth-order valence-electron chi connectivity index (χ4n) is 3.41. The minimum atomic E-state index is -4.27. The molecule has 1 unspecified atom stereocenters. The number of aliphatic hydroxyl groups is 2. The molecule has 0 aliphatic carbocycles. The summed E-state index contributed by atoms with van der Waals surface area (Å²) in [5.74, 6) is 0.825. The number of aromatic nitrogens is 4. The van der Waals surface area contributed by atoms with Gasteiger partial charge in [0.15, 0.2) is 17.7 Å². The van der Waals surface area contributed by atoms with Gasteiger partial charge in [-0.05, 0) is 30.3 Å². The van der Waals surface area contributed by atoms with E-state index in [1.165, 1.54) is 12.7 Å². The zero-order valence-electron chi connectivity index (χ0n) is 19.6. The molecule has 5 atom stereocenters. The van der Waals surface area contributed by atoms with E-state index in [0.29, 0.717) is 23.5 Å². The number of rotatable bonds is 11. The second-order valence-corrected chi connectivity index (χ2v) is 13.6. The van der Waals surface area contributed by atoms with Gasteiger partial charge in [0, 0.05) is 12.2 Å². The molecular weight excluding hydrogens is 540 g/mol. The van der Waals surface area contributed by atoms with E-state index in [0.717, 1.165) is 12.2 Å². The summed E-state index contributed by atoms with van der Waals surface area (Å²) in [4.78, 5) is 12.2. The van der Waals surface area contributed by atoms with E-state index in [9.17, 15) is 31.6 Å². The first-order valence-electron chi connectivity index (χ1n) is 10.9. The Bertz CT molecular complexity index is 1160. The van der Waals surface area contributed by atoms with Gasteiger partial charge in [-0.3, -0.25) is 9.12 Å². The Kier molecular flexibility index (Phi) is 11.3. The summed E-state index contributed by atoms with van der Waals surface area (Å²) in [6.07, 6.45) is 2.60. The standard InChI is InChI=1S/C14H23N6O3S.C4H10O6S2/c1-24(4-2-3-15)5-8-10(21)11(22)14(23-8)20-7-19-9-12(16)17-6-18-13(9)20;5-11(6,7)3-1-2-4-12(8,9)10/h6-8,10-11,14,21-22H,2-5,15H2,1H3,(H2,16,17,18);1-4H2,(H,5,6,7)(H,8,9,10)/q+1;/p-1/t8-,10-,11-,14-,24?;/m0./s1. The van der Waals surface area contributed by atoms with Crippen molar-refractivity contribution < 1.29 is 40.9 Å². The first-order valence-corrected chi connectivity index (χ1v) is 16.0. The quantitative estimate of drug-likeness (QED) is 0.109. The van der Waals surface area contributed by atoms with Gasteiger partial charge in [0.2, 0.25) is 0 Å². The Hall–Kier alpha value is -1.64. The Morgan fingerprint density at radius 3 is 2.39 bits per heavy atom. The van der Waals surface area contributed by atoms with Gasteiger partial charge in [-0.25, -0.2) is 23.4 Å². The van der Waals surface area contributed by atoms with E-state index < -0.39 is 56.3 Å². The SMILES string of the molecule is C[S+](CCCN)C[C@@H]1O[C@H](n2cnc3c(N)ncnc32)[C@@H](O)[C@H]1O.O=S(=O)([O-])CCCCS(=O)(=O)O. The zero-order chi connectivity index (χ0) is 27.1. The summed E-state index contributed by atoms with van der Waals surface area (Å²) in [5, 5.41) is 20.7. The molecule has 2 aromatic heterocycles. The van der Waals surface area contributed by atoms with Crippen molar-refractivity contribution in [1.82, 2.24) is 19.5 Å². The fourth-order valence-corrected chi connectivity index (χ4v) is 6.20. The van der Waals surface area contributed by atoms with Gasteiger partial charge < -0.3 is 31.0 Å². The molecule has 0 radical (unpaired) electrons. The maximum atomic E-state index is 10.4. The predicted molar refractivity (Wildman–Crippen MR) is 133 cm³/mol. The summed E-state index contributed by atoms with van der Waals surface area (Å²) < 4.78 is 65.8. The second-order valence-electron chi connectivity index (χ2n) is 8.18. The summed E-state index contributed by atoms with van der Waals surface area (Å²) in [7, 11) is -8.24. The minimum Gasteiger partial charge on any atom is -0.748 e. The Morgan fingerprint density at radius 1 is 1.11 bits per heavy atom. The van der Waals surface area contributed by atoms with E-state index in [1.54, 1.807) is 4.57 Å². The van der Waals surface area contributed by atoms with Crippen LogP contribution in [-0.2, 0) is 35.9 Å². The number of hydrogen-bond donors (Lipinski definition) is 5. The number of nitrogen functional groups attached to an aromatic ring is 1. The molecule has 36 heavy (non-hydrogen) atoms. The molecule has 0 bridgehead atoms. The van der Waals surface area contributed by atoms with E-state index in [2.05, 4.69) is 21.2 Å². The highest BCUT2D eigenvalue weighted by molar-refractivity contribution is 7.96. The normalized spacial score (nSPS) is 23.4. The number of fused-ring (bicyclic) bond motifs is 1. The number of imidazole rings is 1. The number of nitrogens with zero attached hydrogens (tertiary/aromatic N) is 4. The van der Waals surface area contributed by atoms with Gasteiger partial charge in [0.1, 0.15) is 41.7 Å². The van der Waals surface area contributed by atoms with E-state index >= 15 is 0 Å². The number of nitrogens with two attached hydrogens (primary N) is 2. The topological polar surface area (TPSA) is 257 Å². The molecule has 1 aliphatic rings. The van der Waals surface area contributed by atoms with Crippen LogP contribution in [0.5, 0.6) is 0 Å². The van der Waals surface area contributed by atoms with Crippen LogP contribution in [0.15, 0.2) is 12.7 Å². The Morgan fingerprint density at radius 2 is 1.78 bits per heavy atom. The molecule has 3 rings (SSSR count). The lowest BCUT2D eigenvalue weighted by molar-refractivity contribution is -0.0290.